The van der Waals surface area contributed by atoms with E-state index in [9.17, 15) is 19.6 Å². The quantitative estimate of drug-likeness (QED) is 0.0748. The summed E-state index contributed by atoms with van der Waals surface area (Å²) in [6.07, 6.45) is 0. The van der Waals surface area contributed by atoms with Crippen LogP contribution in [0.4, 0.5) is 5.82 Å². The SMILES string of the molecule is Cc1ccc(C(NC(=O)CS)(c2ccc(C)cc2)c2ccc(C)cc2)cc1.N#Cc1cc2c(=O)c3cc(Br)ccc3oc2nc1NC(=O)CS. The van der Waals surface area contributed by atoms with Crippen molar-refractivity contribution in [3.8, 4) is 6.07 Å². The first-order valence-corrected chi connectivity index (χ1v) is 17.6. The number of aromatic nitrogens is 1. The van der Waals surface area contributed by atoms with Gasteiger partial charge in [-0.15, -0.1) is 0 Å². The molecule has 0 unspecified atom stereocenters. The standard InChI is InChI=1S/C24H25NOS.C15H8BrN3O3S/c1-17-4-10-20(11-5-17)24(25-23(26)16-27,21-12-6-18(2)7-13-21)22-14-8-19(3)9-15-22;16-8-1-2-11-9(4-8)13(21)10-3-7(5-17)14(18-12(20)6-23)19-15(10)22-11/h4-15,27H,16H2,1-3H3,(H,25,26);1-4,23H,6H2,(H,18,19,20). The lowest BCUT2D eigenvalue weighted by Gasteiger charge is -2.37. The van der Waals surface area contributed by atoms with Crippen LogP contribution in [0.2, 0.25) is 0 Å². The van der Waals surface area contributed by atoms with Crippen LogP contribution in [0.1, 0.15) is 38.9 Å². The second-order valence-corrected chi connectivity index (χ2v) is 13.2. The summed E-state index contributed by atoms with van der Waals surface area (Å²) in [5.74, 6) is -0.409. The fourth-order valence-corrected chi connectivity index (χ4v) is 6.00. The highest BCUT2D eigenvalue weighted by Gasteiger charge is 2.37. The fraction of sp³-hybridized carbons (Fsp3) is 0.154. The van der Waals surface area contributed by atoms with E-state index in [1.807, 2.05) is 6.07 Å². The van der Waals surface area contributed by atoms with Gasteiger partial charge in [0.2, 0.25) is 23.0 Å². The average molecular weight is 766 g/mol. The number of rotatable bonds is 7. The second kappa shape index (κ2) is 15.8. The van der Waals surface area contributed by atoms with Crippen molar-refractivity contribution in [3.63, 3.8) is 0 Å². The molecule has 11 heteroatoms. The lowest BCUT2D eigenvalue weighted by molar-refractivity contribution is -0.119. The molecule has 2 heterocycles. The Balaban J connectivity index is 0.000000197. The Bertz CT molecular complexity index is 2190. The van der Waals surface area contributed by atoms with Crippen LogP contribution in [0.3, 0.4) is 0 Å². The topological polar surface area (TPSA) is 125 Å². The van der Waals surface area contributed by atoms with Gasteiger partial charge in [0, 0.05) is 4.47 Å². The highest BCUT2D eigenvalue weighted by molar-refractivity contribution is 9.10. The molecule has 0 saturated carbocycles. The minimum atomic E-state index is -0.769. The van der Waals surface area contributed by atoms with Gasteiger partial charge in [0.25, 0.3) is 0 Å². The minimum Gasteiger partial charge on any atom is -0.437 e. The normalized spacial score (nSPS) is 11.0. The van der Waals surface area contributed by atoms with Crippen molar-refractivity contribution < 1.29 is 14.0 Å². The Morgan fingerprint density at radius 1 is 0.780 bits per heavy atom. The Morgan fingerprint density at radius 2 is 1.28 bits per heavy atom. The number of hydrogen-bond acceptors (Lipinski definition) is 8. The van der Waals surface area contributed by atoms with Gasteiger partial charge in [-0.2, -0.15) is 35.5 Å². The van der Waals surface area contributed by atoms with E-state index in [-0.39, 0.29) is 45.3 Å². The monoisotopic (exact) mass is 764 g/mol. The predicted molar refractivity (Wildman–Crippen MR) is 208 cm³/mol. The summed E-state index contributed by atoms with van der Waals surface area (Å²) >= 11 is 11.4. The molecule has 252 valence electrons. The molecule has 50 heavy (non-hydrogen) atoms. The Labute approximate surface area is 308 Å². The van der Waals surface area contributed by atoms with Gasteiger partial charge in [-0.3, -0.25) is 14.4 Å². The van der Waals surface area contributed by atoms with Crippen LogP contribution in [0.25, 0.3) is 22.1 Å². The molecule has 0 spiro atoms. The number of aryl methyl sites for hydroxylation is 3. The molecule has 2 N–H and O–H groups in total. The first kappa shape index (κ1) is 36.4. The van der Waals surface area contributed by atoms with Crippen LogP contribution < -0.4 is 16.1 Å². The molecule has 0 aliphatic rings. The van der Waals surface area contributed by atoms with Crippen molar-refractivity contribution in [1.82, 2.24) is 10.3 Å². The van der Waals surface area contributed by atoms with Gasteiger partial charge in [-0.05, 0) is 61.7 Å². The van der Waals surface area contributed by atoms with Gasteiger partial charge in [0.1, 0.15) is 17.2 Å². The number of carbonyl (C=O) groups excluding carboxylic acids is 2. The maximum Gasteiger partial charge on any atom is 0.235 e. The molecule has 0 radical (unpaired) electrons. The number of nitriles is 1. The number of carbonyl (C=O) groups is 2. The Morgan fingerprint density at radius 3 is 1.74 bits per heavy atom. The zero-order chi connectivity index (χ0) is 36.0. The van der Waals surface area contributed by atoms with Crippen LogP contribution in [-0.4, -0.2) is 28.3 Å². The van der Waals surface area contributed by atoms with E-state index < -0.39 is 11.4 Å². The number of thiol groups is 2. The van der Waals surface area contributed by atoms with Gasteiger partial charge in [-0.25, -0.2) is 0 Å². The summed E-state index contributed by atoms with van der Waals surface area (Å²) in [7, 11) is 0. The first-order chi connectivity index (χ1) is 24.0. The highest BCUT2D eigenvalue weighted by atomic mass is 79.9. The predicted octanol–water partition coefficient (Wildman–Crippen LogP) is 7.79. The van der Waals surface area contributed by atoms with E-state index in [4.69, 9.17) is 4.42 Å². The molecule has 0 atom stereocenters. The summed E-state index contributed by atoms with van der Waals surface area (Å²) in [5.41, 5.74) is 6.06. The fourth-order valence-electron chi connectivity index (χ4n) is 5.48. The molecule has 0 saturated heterocycles. The molecular weight excluding hydrogens is 732 g/mol. The third-order valence-corrected chi connectivity index (χ3v) is 9.14. The van der Waals surface area contributed by atoms with Crippen LogP contribution in [-0.2, 0) is 15.1 Å². The van der Waals surface area contributed by atoms with Crippen LogP contribution in [0.15, 0.2) is 111 Å². The number of pyridine rings is 1. The van der Waals surface area contributed by atoms with Crippen molar-refractivity contribution in [1.29, 1.82) is 5.26 Å². The molecule has 0 fully saturated rings. The molecule has 0 bridgehead atoms. The maximum atomic E-state index is 12.6. The molecule has 0 aliphatic heterocycles. The number of anilines is 1. The number of nitrogens with zero attached hydrogens (tertiary/aromatic N) is 2. The van der Waals surface area contributed by atoms with E-state index in [1.165, 1.54) is 22.8 Å². The number of fused-ring (bicyclic) bond motifs is 2. The number of halogens is 1. The summed E-state index contributed by atoms with van der Waals surface area (Å²) < 4.78 is 6.36. The molecular formula is C39H33BrN4O4S2. The molecule has 6 rings (SSSR count). The van der Waals surface area contributed by atoms with Crippen molar-refractivity contribution >= 4 is 80.9 Å². The molecule has 0 aliphatic carbocycles. The van der Waals surface area contributed by atoms with Crippen LogP contribution in [0.5, 0.6) is 0 Å². The number of benzene rings is 4. The van der Waals surface area contributed by atoms with Crippen LogP contribution in [0, 0.1) is 32.1 Å². The highest BCUT2D eigenvalue weighted by Crippen LogP contribution is 2.37. The first-order valence-electron chi connectivity index (χ1n) is 15.5. The van der Waals surface area contributed by atoms with Crippen molar-refractivity contribution in [3.05, 3.63) is 151 Å². The third kappa shape index (κ3) is 7.78. The minimum absolute atomic E-state index is 0.0404. The van der Waals surface area contributed by atoms with Crippen LogP contribution >= 0.6 is 41.2 Å². The molecule has 2 aromatic heterocycles. The van der Waals surface area contributed by atoms with E-state index in [0.29, 0.717) is 11.0 Å². The number of amides is 2. The summed E-state index contributed by atoms with van der Waals surface area (Å²) in [5, 5.41) is 15.5. The smallest absolute Gasteiger partial charge is 0.235 e. The summed E-state index contributed by atoms with van der Waals surface area (Å²) in [4.78, 5) is 40.7. The molecule has 2 amide bonds. The second-order valence-electron chi connectivity index (χ2n) is 11.7. The van der Waals surface area contributed by atoms with Gasteiger partial charge < -0.3 is 15.1 Å². The molecule has 6 aromatic rings. The Hall–Kier alpha value is -4.89. The van der Waals surface area contributed by atoms with E-state index in [2.05, 4.69) is 150 Å². The Kier molecular flexibility index (Phi) is 11.5. The maximum absolute atomic E-state index is 12.6. The van der Waals surface area contributed by atoms with E-state index >= 15 is 0 Å². The van der Waals surface area contributed by atoms with E-state index in [1.54, 1.807) is 18.2 Å². The van der Waals surface area contributed by atoms with Crippen molar-refractivity contribution in [2.45, 2.75) is 26.3 Å². The average Bonchev–Trinajstić information content (AvgIpc) is 3.12. The lowest BCUT2D eigenvalue weighted by atomic mass is 9.76. The number of hydrogen-bond donors (Lipinski definition) is 4. The van der Waals surface area contributed by atoms with Gasteiger partial charge >= 0.3 is 0 Å². The van der Waals surface area contributed by atoms with Crippen molar-refractivity contribution in [2.24, 2.45) is 0 Å². The zero-order valence-electron chi connectivity index (χ0n) is 27.5. The molecule has 4 aromatic carbocycles. The van der Waals surface area contributed by atoms with E-state index in [0.717, 1.165) is 21.2 Å². The third-order valence-electron chi connectivity index (χ3n) is 8.07. The van der Waals surface area contributed by atoms with Crippen molar-refractivity contribution in [2.75, 3.05) is 16.8 Å². The summed E-state index contributed by atoms with van der Waals surface area (Å²) in [6, 6.07) is 33.3. The largest absolute Gasteiger partial charge is 0.437 e. The van der Waals surface area contributed by atoms with Gasteiger partial charge in [-0.1, -0.05) is 105 Å². The number of nitrogens with one attached hydrogen (secondary N) is 2. The summed E-state index contributed by atoms with van der Waals surface area (Å²) in [6.45, 7) is 6.19. The van der Waals surface area contributed by atoms with Gasteiger partial charge in [0.15, 0.2) is 5.82 Å². The lowest BCUT2D eigenvalue weighted by Crippen LogP contribution is -2.48. The molecule has 8 nitrogen and oxygen atoms in total. The van der Waals surface area contributed by atoms with Gasteiger partial charge in [0.05, 0.1) is 27.8 Å². The zero-order valence-corrected chi connectivity index (χ0v) is 30.8.